The molecule has 1 aliphatic rings. The quantitative estimate of drug-likeness (QED) is 0.137. The van der Waals surface area contributed by atoms with Crippen LogP contribution in [-0.2, 0) is 5.41 Å². The molecule has 0 N–H and O–H groups in total. The fourth-order valence-electron chi connectivity index (χ4n) is 11.2. The van der Waals surface area contributed by atoms with Crippen molar-refractivity contribution < 1.29 is 0 Å². The van der Waals surface area contributed by atoms with Gasteiger partial charge in [0.15, 0.2) is 0 Å². The number of fused-ring (bicyclic) bond motifs is 7. The van der Waals surface area contributed by atoms with Crippen LogP contribution in [0.1, 0.15) is 25.0 Å². The molecule has 1 heteroatoms. The van der Waals surface area contributed by atoms with Crippen molar-refractivity contribution in [3.63, 3.8) is 0 Å². The van der Waals surface area contributed by atoms with Crippen molar-refractivity contribution in [2.75, 3.05) is 4.90 Å². The van der Waals surface area contributed by atoms with Crippen molar-refractivity contribution in [3.8, 4) is 66.8 Å². The maximum Gasteiger partial charge on any atom is 0.0465 e. The van der Waals surface area contributed by atoms with Crippen molar-refractivity contribution >= 4 is 49.4 Å². The Balaban J connectivity index is 0.866. The van der Waals surface area contributed by atoms with E-state index in [1.54, 1.807) is 0 Å². The molecular weight excluding hydrogens is 843 g/mol. The number of nitrogens with zero attached hydrogens (tertiary/aromatic N) is 1. The smallest absolute Gasteiger partial charge is 0.0465 e. The van der Waals surface area contributed by atoms with E-state index in [-0.39, 0.29) is 5.41 Å². The predicted molar refractivity (Wildman–Crippen MR) is 298 cm³/mol. The Kier molecular flexibility index (Phi) is 9.92. The van der Waals surface area contributed by atoms with Gasteiger partial charge in [-0.3, -0.25) is 0 Å². The Morgan fingerprint density at radius 3 is 1.30 bits per heavy atom. The highest BCUT2D eigenvalue weighted by atomic mass is 15.1. The van der Waals surface area contributed by atoms with Crippen LogP contribution in [0.25, 0.3) is 99.1 Å². The van der Waals surface area contributed by atoms with Crippen LogP contribution in [-0.4, -0.2) is 0 Å². The Morgan fingerprint density at radius 2 is 0.671 bits per heavy atom. The number of hydrogen-bond acceptors (Lipinski definition) is 1. The van der Waals surface area contributed by atoms with Crippen LogP contribution < -0.4 is 4.90 Å². The highest BCUT2D eigenvalue weighted by Crippen LogP contribution is 2.52. The molecule has 1 nitrogen and oxygen atoms in total. The molecule has 13 rings (SSSR count). The summed E-state index contributed by atoms with van der Waals surface area (Å²) in [7, 11) is 0. The lowest BCUT2D eigenvalue weighted by molar-refractivity contribution is 0.660. The van der Waals surface area contributed by atoms with Crippen LogP contribution in [0.3, 0.4) is 0 Å². The lowest BCUT2D eigenvalue weighted by Gasteiger charge is -2.28. The third kappa shape index (κ3) is 7.09. The minimum atomic E-state index is -0.229. The van der Waals surface area contributed by atoms with Gasteiger partial charge in [-0.2, -0.15) is 0 Å². The highest BCUT2D eigenvalue weighted by Gasteiger charge is 2.36. The molecule has 70 heavy (non-hydrogen) atoms. The van der Waals surface area contributed by atoms with Gasteiger partial charge >= 0.3 is 0 Å². The minimum Gasteiger partial charge on any atom is -0.310 e. The van der Waals surface area contributed by atoms with E-state index < -0.39 is 0 Å². The molecule has 0 bridgehead atoms. The van der Waals surface area contributed by atoms with Gasteiger partial charge in [-0.15, -0.1) is 0 Å². The third-order valence-electron chi connectivity index (χ3n) is 14.9. The molecule has 0 aliphatic heterocycles. The van der Waals surface area contributed by atoms with Crippen LogP contribution in [0.4, 0.5) is 17.1 Å². The van der Waals surface area contributed by atoms with Gasteiger partial charge in [-0.05, 0) is 159 Å². The van der Waals surface area contributed by atoms with Crippen LogP contribution in [0.5, 0.6) is 0 Å². The summed E-state index contributed by atoms with van der Waals surface area (Å²) in [6, 6.07) is 96.1. The molecule has 0 saturated heterocycles. The molecule has 0 spiro atoms. The van der Waals surface area contributed by atoms with Crippen molar-refractivity contribution in [3.05, 3.63) is 272 Å². The van der Waals surface area contributed by atoms with E-state index in [9.17, 15) is 0 Å². The van der Waals surface area contributed by atoms with Gasteiger partial charge in [-0.25, -0.2) is 0 Å². The first-order chi connectivity index (χ1) is 34.4. The maximum absolute atomic E-state index is 2.46. The first kappa shape index (κ1) is 41.4. The largest absolute Gasteiger partial charge is 0.310 e. The lowest BCUT2D eigenvalue weighted by atomic mass is 9.81. The standard InChI is InChI=1S/C69H49N/c1-69(2)67-44-55(66-43-54-16-7-9-19-61(54)62-20-10-11-21-63(62)66)35-41-64(67)65-42-40-58(45-68(65)69)70(56-36-31-50(32-37-56)48-25-23-47(24-26-48)46-13-4-3-5-14-46)57-38-33-51(34-39-57)49-27-29-53(30-28-49)60-22-12-17-52-15-6-8-18-59(52)60/h3-45H,1-2H3. The van der Waals surface area contributed by atoms with Gasteiger partial charge in [0.05, 0.1) is 0 Å². The molecule has 0 amide bonds. The van der Waals surface area contributed by atoms with Gasteiger partial charge in [0.1, 0.15) is 0 Å². The molecule has 12 aromatic carbocycles. The van der Waals surface area contributed by atoms with Crippen LogP contribution in [0.15, 0.2) is 261 Å². The van der Waals surface area contributed by atoms with Gasteiger partial charge < -0.3 is 4.90 Å². The molecule has 0 fully saturated rings. The van der Waals surface area contributed by atoms with Gasteiger partial charge in [0.25, 0.3) is 0 Å². The lowest BCUT2D eigenvalue weighted by Crippen LogP contribution is -2.16. The fraction of sp³-hybridized carbons (Fsp3) is 0.0435. The maximum atomic E-state index is 2.46. The topological polar surface area (TPSA) is 3.24 Å². The van der Waals surface area contributed by atoms with Gasteiger partial charge in [0, 0.05) is 22.5 Å². The van der Waals surface area contributed by atoms with Crippen molar-refractivity contribution in [2.45, 2.75) is 19.3 Å². The van der Waals surface area contributed by atoms with E-state index >= 15 is 0 Å². The van der Waals surface area contributed by atoms with Crippen molar-refractivity contribution in [1.29, 1.82) is 0 Å². The first-order valence-electron chi connectivity index (χ1n) is 24.4. The predicted octanol–water partition coefficient (Wildman–Crippen LogP) is 19.3. The zero-order valence-electron chi connectivity index (χ0n) is 39.3. The van der Waals surface area contributed by atoms with E-state index in [0.717, 1.165) is 17.1 Å². The molecule has 0 heterocycles. The van der Waals surface area contributed by atoms with E-state index in [0.29, 0.717) is 0 Å². The molecule has 330 valence electrons. The summed E-state index contributed by atoms with van der Waals surface area (Å²) in [4.78, 5) is 2.42. The highest BCUT2D eigenvalue weighted by molar-refractivity contribution is 6.14. The average Bonchev–Trinajstić information content (AvgIpc) is 3.65. The Bertz CT molecular complexity index is 3910. The number of rotatable bonds is 8. The summed E-state index contributed by atoms with van der Waals surface area (Å²) in [5.41, 5.74) is 20.6. The second-order valence-corrected chi connectivity index (χ2v) is 19.3. The minimum absolute atomic E-state index is 0.229. The van der Waals surface area contributed by atoms with Crippen LogP contribution in [0.2, 0.25) is 0 Å². The van der Waals surface area contributed by atoms with E-state index in [1.165, 1.54) is 110 Å². The fourth-order valence-corrected chi connectivity index (χ4v) is 11.2. The van der Waals surface area contributed by atoms with Crippen LogP contribution in [0, 0.1) is 0 Å². The number of anilines is 3. The molecule has 0 saturated carbocycles. The summed E-state index contributed by atoms with van der Waals surface area (Å²) in [5, 5.41) is 7.66. The molecule has 12 aromatic rings. The molecule has 0 atom stereocenters. The van der Waals surface area contributed by atoms with Gasteiger partial charge in [-0.1, -0.05) is 226 Å². The number of benzene rings is 12. The molecule has 1 aliphatic carbocycles. The average molecular weight is 892 g/mol. The van der Waals surface area contributed by atoms with Crippen molar-refractivity contribution in [1.82, 2.24) is 0 Å². The second kappa shape index (κ2) is 16.8. The number of hydrogen-bond donors (Lipinski definition) is 0. The first-order valence-corrected chi connectivity index (χ1v) is 24.4. The summed E-state index contributed by atoms with van der Waals surface area (Å²) in [6.07, 6.45) is 0. The summed E-state index contributed by atoms with van der Waals surface area (Å²) in [6.45, 7) is 4.79. The summed E-state index contributed by atoms with van der Waals surface area (Å²) in [5.74, 6) is 0. The molecule has 0 unspecified atom stereocenters. The van der Waals surface area contributed by atoms with Gasteiger partial charge in [0.2, 0.25) is 0 Å². The summed E-state index contributed by atoms with van der Waals surface area (Å²) < 4.78 is 0. The zero-order chi connectivity index (χ0) is 46.8. The van der Waals surface area contributed by atoms with E-state index in [1.807, 2.05) is 0 Å². The Morgan fingerprint density at radius 1 is 0.243 bits per heavy atom. The normalized spacial score (nSPS) is 12.5. The zero-order valence-corrected chi connectivity index (χ0v) is 39.3. The Labute approximate surface area is 410 Å². The SMILES string of the molecule is CC1(C)c2cc(-c3cc4ccccc4c4ccccc34)ccc2-c2ccc(N(c3ccc(-c4ccc(-c5ccccc5)cc4)cc3)c3ccc(-c4ccc(-c5cccc6ccccc56)cc4)cc3)cc21. The van der Waals surface area contributed by atoms with Crippen LogP contribution >= 0.6 is 0 Å². The molecule has 0 aromatic heterocycles. The Hall–Kier alpha value is -8.78. The third-order valence-corrected chi connectivity index (χ3v) is 14.9. The summed E-state index contributed by atoms with van der Waals surface area (Å²) >= 11 is 0. The second-order valence-electron chi connectivity index (χ2n) is 19.3. The van der Waals surface area contributed by atoms with E-state index in [4.69, 9.17) is 0 Å². The monoisotopic (exact) mass is 891 g/mol. The van der Waals surface area contributed by atoms with E-state index in [2.05, 4.69) is 280 Å². The van der Waals surface area contributed by atoms with Crippen molar-refractivity contribution in [2.24, 2.45) is 0 Å². The molecule has 0 radical (unpaired) electrons. The molecular formula is C69H49N.